The van der Waals surface area contributed by atoms with Crippen LogP contribution in [0.1, 0.15) is 94.9 Å². The second-order valence-electron chi connectivity index (χ2n) is 16.9. The lowest BCUT2D eigenvalue weighted by Crippen LogP contribution is -2.61. The normalized spacial score (nSPS) is 48.3. The highest BCUT2D eigenvalue weighted by atomic mass is 16.7. The van der Waals surface area contributed by atoms with E-state index in [1.54, 1.807) is 41.7 Å². The molecule has 3 fully saturated rings. The molecule has 0 bridgehead atoms. The number of aliphatic hydroxyl groups excluding tert-OH is 3. The standard InChI is InChI=1S/C39H72N2O13/c1-16-27-39(10,46)32(43)22(4)29(40-49-15)20(2)18-38(9,48-14)34(54-36-30(42)26(41(11)12)17-21(3)50-36)23(5)31(24(6)35(45)52-27)53-28-19-37(8,47-13)33(44)25(7)51-28/h20-28,30-34,36,42-44,46H,16-19H2,1-15H3/b40-29+/t20-,21?,22+,23+,24-,25?,26?,27-,28?,30?,31+,32-,33?,34-,36?,37?,38-,39-/m1/s1. The first-order valence-electron chi connectivity index (χ1n) is 19.5. The summed E-state index contributed by atoms with van der Waals surface area (Å²) < 4.78 is 44.4. The van der Waals surface area contributed by atoms with Crippen molar-refractivity contribution in [1.82, 2.24) is 4.90 Å². The van der Waals surface area contributed by atoms with E-state index in [1.807, 2.05) is 46.7 Å². The van der Waals surface area contributed by atoms with Crippen molar-refractivity contribution in [3.63, 3.8) is 0 Å². The zero-order chi connectivity index (χ0) is 41.1. The number of esters is 1. The Morgan fingerprint density at radius 2 is 1.48 bits per heavy atom. The van der Waals surface area contributed by atoms with Crippen LogP contribution in [0.25, 0.3) is 0 Å². The molecule has 8 unspecified atom stereocenters. The summed E-state index contributed by atoms with van der Waals surface area (Å²) in [6, 6.07) is -0.266. The van der Waals surface area contributed by atoms with E-state index in [2.05, 4.69) is 5.16 Å². The number of rotatable bonds is 9. The molecule has 3 heterocycles. The van der Waals surface area contributed by atoms with Crippen LogP contribution in [0.2, 0.25) is 0 Å². The molecule has 0 aromatic heterocycles. The lowest BCUT2D eigenvalue weighted by Gasteiger charge is -2.50. The Morgan fingerprint density at radius 3 is 2.02 bits per heavy atom. The number of aliphatic hydroxyl groups is 4. The summed E-state index contributed by atoms with van der Waals surface area (Å²) in [5.41, 5.74) is -3.61. The van der Waals surface area contributed by atoms with Crippen molar-refractivity contribution in [3.05, 3.63) is 0 Å². The number of nitrogens with zero attached hydrogens (tertiary/aromatic N) is 2. The minimum atomic E-state index is -1.88. The maximum Gasteiger partial charge on any atom is 0.311 e. The van der Waals surface area contributed by atoms with E-state index in [0.717, 1.165) is 0 Å². The average molecular weight is 777 g/mol. The van der Waals surface area contributed by atoms with Crippen molar-refractivity contribution in [1.29, 1.82) is 0 Å². The Morgan fingerprint density at radius 1 is 0.870 bits per heavy atom. The highest BCUT2D eigenvalue weighted by Crippen LogP contribution is 2.42. The van der Waals surface area contributed by atoms with Gasteiger partial charge in [-0.15, -0.1) is 0 Å². The van der Waals surface area contributed by atoms with Crippen LogP contribution in [0.5, 0.6) is 0 Å². The highest BCUT2D eigenvalue weighted by molar-refractivity contribution is 5.88. The molecule has 3 rings (SSSR count). The van der Waals surface area contributed by atoms with Gasteiger partial charge in [-0.3, -0.25) is 4.79 Å². The van der Waals surface area contributed by atoms with Crippen LogP contribution in [0, 0.1) is 23.7 Å². The van der Waals surface area contributed by atoms with Gasteiger partial charge in [-0.25, -0.2) is 0 Å². The number of hydrogen-bond acceptors (Lipinski definition) is 15. The lowest BCUT2D eigenvalue weighted by atomic mass is 9.73. The number of ether oxygens (including phenoxy) is 7. The summed E-state index contributed by atoms with van der Waals surface area (Å²) in [5, 5.41) is 50.6. The van der Waals surface area contributed by atoms with Crippen molar-refractivity contribution in [2.75, 3.05) is 35.4 Å². The third-order valence-electron chi connectivity index (χ3n) is 12.5. The first kappa shape index (κ1) is 46.9. The molecule has 0 aliphatic carbocycles. The van der Waals surface area contributed by atoms with E-state index in [1.165, 1.54) is 21.1 Å². The summed E-state index contributed by atoms with van der Waals surface area (Å²) >= 11 is 0. The largest absolute Gasteiger partial charge is 0.459 e. The monoisotopic (exact) mass is 777 g/mol. The second kappa shape index (κ2) is 18.8. The summed E-state index contributed by atoms with van der Waals surface area (Å²) in [6.07, 6.45) is -8.10. The van der Waals surface area contributed by atoms with Gasteiger partial charge in [0.2, 0.25) is 0 Å². The van der Waals surface area contributed by atoms with Gasteiger partial charge < -0.3 is 63.3 Å². The Balaban J connectivity index is 2.27. The van der Waals surface area contributed by atoms with E-state index in [9.17, 15) is 25.2 Å². The number of likely N-dealkylation sites (N-methyl/N-ethyl adjacent to an activating group) is 1. The van der Waals surface area contributed by atoms with Gasteiger partial charge in [0.05, 0.1) is 53.4 Å². The highest BCUT2D eigenvalue weighted by Gasteiger charge is 2.54. The summed E-state index contributed by atoms with van der Waals surface area (Å²) in [5.74, 6) is -3.49. The van der Waals surface area contributed by atoms with Gasteiger partial charge >= 0.3 is 5.97 Å². The van der Waals surface area contributed by atoms with Gasteiger partial charge in [-0.1, -0.05) is 32.9 Å². The van der Waals surface area contributed by atoms with Crippen LogP contribution >= 0.6 is 0 Å². The molecule has 3 aliphatic heterocycles. The van der Waals surface area contributed by atoms with Gasteiger partial charge in [0.15, 0.2) is 12.6 Å². The molecule has 4 N–H and O–H groups in total. The first-order chi connectivity index (χ1) is 25.0. The maximum absolute atomic E-state index is 14.3. The lowest BCUT2D eigenvalue weighted by molar-refractivity contribution is -0.319. The molecule has 3 aliphatic rings. The predicted molar refractivity (Wildman–Crippen MR) is 200 cm³/mol. The Kier molecular flexibility index (Phi) is 16.4. The molecule has 0 saturated carbocycles. The molecule has 15 heteroatoms. The molecule has 54 heavy (non-hydrogen) atoms. The Hall–Kier alpha value is -1.50. The van der Waals surface area contributed by atoms with Gasteiger partial charge in [0.1, 0.15) is 31.0 Å². The fourth-order valence-corrected chi connectivity index (χ4v) is 8.87. The maximum atomic E-state index is 14.3. The predicted octanol–water partition coefficient (Wildman–Crippen LogP) is 2.87. The van der Waals surface area contributed by atoms with Crippen LogP contribution in [-0.2, 0) is 42.8 Å². The number of oxime groups is 1. The smallest absolute Gasteiger partial charge is 0.311 e. The number of carbonyl (C=O) groups is 1. The van der Waals surface area contributed by atoms with Gasteiger partial charge in [-0.2, -0.15) is 0 Å². The quantitative estimate of drug-likeness (QED) is 0.198. The summed E-state index contributed by atoms with van der Waals surface area (Å²) in [7, 11) is 8.29. The first-order valence-corrected chi connectivity index (χ1v) is 19.5. The minimum absolute atomic E-state index is 0.143. The molecule has 316 valence electrons. The van der Waals surface area contributed by atoms with Crippen LogP contribution in [-0.4, -0.2) is 157 Å². The topological polar surface area (TPSA) is 187 Å². The number of methoxy groups -OCH3 is 2. The molecule has 0 aromatic rings. The Labute approximate surface area is 322 Å². The summed E-state index contributed by atoms with van der Waals surface area (Å²) in [4.78, 5) is 21.5. The van der Waals surface area contributed by atoms with Crippen LogP contribution < -0.4 is 0 Å². The number of hydrogen-bond donors (Lipinski definition) is 4. The molecule has 3 saturated heterocycles. The van der Waals surface area contributed by atoms with E-state index < -0.39 is 102 Å². The van der Waals surface area contributed by atoms with E-state index >= 15 is 0 Å². The van der Waals surface area contributed by atoms with Crippen molar-refractivity contribution in [2.24, 2.45) is 28.8 Å². The summed E-state index contributed by atoms with van der Waals surface area (Å²) in [6.45, 7) is 17.8. The third kappa shape index (κ3) is 9.95. The van der Waals surface area contributed by atoms with Crippen molar-refractivity contribution >= 4 is 11.7 Å². The van der Waals surface area contributed by atoms with Crippen LogP contribution in [0.3, 0.4) is 0 Å². The molecule has 15 nitrogen and oxygen atoms in total. The Bertz CT molecular complexity index is 1240. The SMILES string of the molecule is CC[C@H]1OC(=O)[C@H](C)[C@@H](OC2CC(C)(OC)C(O)C(C)O2)[C@H](C)[C@@H](OC2OC(C)CC(N(C)C)C2O)[C@](C)(OC)C[C@@H](C)/C(=N\OC)[C@H](C)[C@@H](O)[C@]1(C)O. The van der Waals surface area contributed by atoms with Crippen LogP contribution in [0.4, 0.5) is 0 Å². The molecular formula is C39H72N2O13. The molecule has 0 amide bonds. The molecular weight excluding hydrogens is 704 g/mol. The molecule has 18 atom stereocenters. The molecule has 0 radical (unpaired) electrons. The van der Waals surface area contributed by atoms with Crippen molar-refractivity contribution in [3.8, 4) is 0 Å². The molecule has 0 aromatic carbocycles. The second-order valence-corrected chi connectivity index (χ2v) is 16.9. The van der Waals surface area contributed by atoms with Gasteiger partial charge in [0, 0.05) is 44.4 Å². The average Bonchev–Trinajstić information content (AvgIpc) is 3.11. The zero-order valence-electron chi connectivity index (χ0n) is 35.3. The molecule has 0 spiro atoms. The third-order valence-corrected chi connectivity index (χ3v) is 12.5. The van der Waals surface area contributed by atoms with E-state index in [4.69, 9.17) is 38.0 Å². The minimum Gasteiger partial charge on any atom is -0.459 e. The number of cyclic esters (lactones) is 1. The van der Waals surface area contributed by atoms with E-state index in [0.29, 0.717) is 12.1 Å². The fraction of sp³-hybridized carbons (Fsp3) is 0.949. The van der Waals surface area contributed by atoms with Crippen molar-refractivity contribution < 1.29 is 63.2 Å². The zero-order valence-corrected chi connectivity index (χ0v) is 35.3. The van der Waals surface area contributed by atoms with Gasteiger partial charge in [0.25, 0.3) is 0 Å². The van der Waals surface area contributed by atoms with E-state index in [-0.39, 0.29) is 31.4 Å². The number of carbonyl (C=O) groups excluding carboxylic acids is 1. The van der Waals surface area contributed by atoms with Crippen LogP contribution in [0.15, 0.2) is 5.16 Å². The van der Waals surface area contributed by atoms with Crippen molar-refractivity contribution in [2.45, 2.75) is 179 Å². The van der Waals surface area contributed by atoms with Gasteiger partial charge in [-0.05, 0) is 74.9 Å². The fourth-order valence-electron chi connectivity index (χ4n) is 8.87.